The van der Waals surface area contributed by atoms with Crippen LogP contribution in [0.5, 0.6) is 0 Å². The molecule has 0 aromatic carbocycles. The van der Waals surface area contributed by atoms with Gasteiger partial charge in [0.2, 0.25) is 0 Å². The van der Waals surface area contributed by atoms with Crippen LogP contribution >= 0.6 is 0 Å². The van der Waals surface area contributed by atoms with Gasteiger partial charge in [-0.05, 0) is 50.9 Å². The van der Waals surface area contributed by atoms with Gasteiger partial charge in [0.1, 0.15) is 0 Å². The first-order chi connectivity index (χ1) is 9.26. The van der Waals surface area contributed by atoms with E-state index in [2.05, 4.69) is 21.8 Å². The van der Waals surface area contributed by atoms with E-state index in [0.717, 1.165) is 18.0 Å². The fourth-order valence-corrected chi connectivity index (χ4v) is 4.19. The van der Waals surface area contributed by atoms with Gasteiger partial charge in [-0.25, -0.2) is 4.98 Å². The second-order valence-corrected chi connectivity index (χ2v) is 6.81. The molecule has 2 aliphatic rings. The smallest absolute Gasteiger partial charge is 0.0946 e. The van der Waals surface area contributed by atoms with Crippen molar-refractivity contribution in [2.75, 3.05) is 0 Å². The largest absolute Gasteiger partial charge is 0.336 e. The molecule has 0 bridgehead atoms. The highest BCUT2D eigenvalue weighted by atomic mass is 15.1. The summed E-state index contributed by atoms with van der Waals surface area (Å²) in [6.07, 6.45) is 17.5. The third kappa shape index (κ3) is 3.19. The van der Waals surface area contributed by atoms with E-state index in [0.29, 0.717) is 6.04 Å². The molecule has 3 rings (SSSR count). The number of hydrogen-bond acceptors (Lipinski definition) is 2. The van der Waals surface area contributed by atoms with Crippen molar-refractivity contribution < 1.29 is 0 Å². The number of aromatic nitrogens is 2. The summed E-state index contributed by atoms with van der Waals surface area (Å²) in [6, 6.07) is 1.28. The standard InChI is InChI=1S/C16H27N3/c1-14(12-19-11-10-17-13-19)18-15-4-8-16(9-5-15)6-2-3-7-16/h10-11,13-15,18H,2-9,12H2,1H3. The van der Waals surface area contributed by atoms with E-state index in [9.17, 15) is 0 Å². The third-order valence-electron chi connectivity index (χ3n) is 5.27. The zero-order chi connectivity index (χ0) is 13.1. The van der Waals surface area contributed by atoms with Crippen molar-refractivity contribution in [2.24, 2.45) is 5.41 Å². The molecule has 1 heterocycles. The molecule has 106 valence electrons. The molecule has 19 heavy (non-hydrogen) atoms. The van der Waals surface area contributed by atoms with Gasteiger partial charge in [-0.3, -0.25) is 0 Å². The second kappa shape index (κ2) is 5.66. The van der Waals surface area contributed by atoms with Gasteiger partial charge in [0.05, 0.1) is 6.33 Å². The second-order valence-electron chi connectivity index (χ2n) is 6.81. The van der Waals surface area contributed by atoms with Crippen molar-refractivity contribution in [3.8, 4) is 0 Å². The van der Waals surface area contributed by atoms with Crippen LogP contribution in [0.3, 0.4) is 0 Å². The summed E-state index contributed by atoms with van der Waals surface area (Å²) < 4.78 is 2.17. The summed E-state index contributed by atoms with van der Waals surface area (Å²) in [4.78, 5) is 4.11. The van der Waals surface area contributed by atoms with Crippen molar-refractivity contribution in [2.45, 2.75) is 76.9 Å². The molecule has 2 fully saturated rings. The van der Waals surface area contributed by atoms with E-state index in [-0.39, 0.29) is 0 Å². The van der Waals surface area contributed by atoms with Gasteiger partial charge in [0.15, 0.2) is 0 Å². The lowest BCUT2D eigenvalue weighted by Crippen LogP contribution is -2.42. The molecule has 3 heteroatoms. The Morgan fingerprint density at radius 1 is 1.26 bits per heavy atom. The van der Waals surface area contributed by atoms with E-state index < -0.39 is 0 Å². The Morgan fingerprint density at radius 3 is 2.63 bits per heavy atom. The van der Waals surface area contributed by atoms with E-state index in [1.54, 1.807) is 0 Å². The van der Waals surface area contributed by atoms with E-state index in [4.69, 9.17) is 0 Å². The Kier molecular flexibility index (Phi) is 3.92. The molecule has 1 unspecified atom stereocenters. The Balaban J connectivity index is 1.44. The first-order valence-corrected chi connectivity index (χ1v) is 7.98. The van der Waals surface area contributed by atoms with Gasteiger partial charge in [-0.15, -0.1) is 0 Å². The number of rotatable bonds is 4. The maximum atomic E-state index is 4.11. The Hall–Kier alpha value is -0.830. The maximum absolute atomic E-state index is 4.11. The van der Waals surface area contributed by atoms with Crippen LogP contribution < -0.4 is 5.32 Å². The highest BCUT2D eigenvalue weighted by Crippen LogP contribution is 2.48. The molecule has 0 aliphatic heterocycles. The number of imidazole rings is 1. The summed E-state index contributed by atoms with van der Waals surface area (Å²) in [5.41, 5.74) is 0.756. The first kappa shape index (κ1) is 13.2. The topological polar surface area (TPSA) is 29.9 Å². The molecule has 1 N–H and O–H groups in total. The molecule has 1 atom stereocenters. The SMILES string of the molecule is CC(Cn1ccnc1)NC1CCC2(CCCC2)CC1. The molecule has 0 radical (unpaired) electrons. The predicted octanol–water partition coefficient (Wildman–Crippen LogP) is 3.36. The lowest BCUT2D eigenvalue weighted by atomic mass is 9.71. The lowest BCUT2D eigenvalue weighted by Gasteiger charge is -2.38. The van der Waals surface area contributed by atoms with Crippen LogP contribution in [0.2, 0.25) is 0 Å². The number of nitrogens with zero attached hydrogens (tertiary/aromatic N) is 2. The third-order valence-corrected chi connectivity index (χ3v) is 5.27. The van der Waals surface area contributed by atoms with Gasteiger partial charge < -0.3 is 9.88 Å². The monoisotopic (exact) mass is 261 g/mol. The molecule has 2 saturated carbocycles. The highest BCUT2D eigenvalue weighted by molar-refractivity contribution is 4.91. The minimum absolute atomic E-state index is 0.539. The van der Waals surface area contributed by atoms with Gasteiger partial charge >= 0.3 is 0 Å². The summed E-state index contributed by atoms with van der Waals surface area (Å²) in [5.74, 6) is 0. The molecular weight excluding hydrogens is 234 g/mol. The summed E-state index contributed by atoms with van der Waals surface area (Å²) in [5, 5.41) is 3.81. The van der Waals surface area contributed by atoms with Gasteiger partial charge in [0.25, 0.3) is 0 Å². The van der Waals surface area contributed by atoms with Crippen LogP contribution in [0.15, 0.2) is 18.7 Å². The van der Waals surface area contributed by atoms with Crippen LogP contribution in [0.25, 0.3) is 0 Å². The molecular formula is C16H27N3. The molecule has 1 aromatic rings. The summed E-state index contributed by atoms with van der Waals surface area (Å²) in [6.45, 7) is 3.32. The van der Waals surface area contributed by atoms with Crippen molar-refractivity contribution in [3.05, 3.63) is 18.7 Å². The molecule has 3 nitrogen and oxygen atoms in total. The van der Waals surface area contributed by atoms with E-state index >= 15 is 0 Å². The first-order valence-electron chi connectivity index (χ1n) is 7.98. The molecule has 0 saturated heterocycles. The minimum Gasteiger partial charge on any atom is -0.336 e. The van der Waals surface area contributed by atoms with Crippen molar-refractivity contribution in [1.29, 1.82) is 0 Å². The number of hydrogen-bond donors (Lipinski definition) is 1. The highest BCUT2D eigenvalue weighted by Gasteiger charge is 2.37. The molecule has 1 spiro atoms. The van der Waals surface area contributed by atoms with Gasteiger partial charge in [-0.1, -0.05) is 12.8 Å². The average molecular weight is 261 g/mol. The number of nitrogens with one attached hydrogen (secondary N) is 1. The fraction of sp³-hybridized carbons (Fsp3) is 0.812. The molecule has 1 aromatic heterocycles. The maximum Gasteiger partial charge on any atom is 0.0946 e. The summed E-state index contributed by atoms with van der Waals surface area (Å²) in [7, 11) is 0. The van der Waals surface area contributed by atoms with Crippen molar-refractivity contribution >= 4 is 0 Å². The van der Waals surface area contributed by atoms with Gasteiger partial charge in [-0.2, -0.15) is 0 Å². The van der Waals surface area contributed by atoms with E-state index in [1.807, 2.05) is 18.7 Å². The zero-order valence-corrected chi connectivity index (χ0v) is 12.1. The average Bonchev–Trinajstić information content (AvgIpc) is 3.05. The molecule has 2 aliphatic carbocycles. The summed E-state index contributed by atoms with van der Waals surface area (Å²) >= 11 is 0. The van der Waals surface area contributed by atoms with Crippen LogP contribution in [0, 0.1) is 5.41 Å². The normalized spacial score (nSPS) is 24.9. The Morgan fingerprint density at radius 2 is 2.00 bits per heavy atom. The van der Waals surface area contributed by atoms with Crippen molar-refractivity contribution in [1.82, 2.24) is 14.9 Å². The van der Waals surface area contributed by atoms with Crippen LogP contribution in [-0.2, 0) is 6.54 Å². The van der Waals surface area contributed by atoms with Crippen LogP contribution in [-0.4, -0.2) is 21.6 Å². The van der Waals surface area contributed by atoms with Crippen LogP contribution in [0.4, 0.5) is 0 Å². The minimum atomic E-state index is 0.539. The lowest BCUT2D eigenvalue weighted by molar-refractivity contribution is 0.162. The quantitative estimate of drug-likeness (QED) is 0.900. The Labute approximate surface area is 116 Å². The predicted molar refractivity (Wildman–Crippen MR) is 78.0 cm³/mol. The van der Waals surface area contributed by atoms with Gasteiger partial charge in [0, 0.05) is 31.0 Å². The fourth-order valence-electron chi connectivity index (χ4n) is 4.19. The Bertz CT molecular complexity index is 369. The zero-order valence-electron chi connectivity index (χ0n) is 12.1. The van der Waals surface area contributed by atoms with Crippen LogP contribution in [0.1, 0.15) is 58.3 Å². The molecule has 0 amide bonds. The van der Waals surface area contributed by atoms with Crippen molar-refractivity contribution in [3.63, 3.8) is 0 Å². The van der Waals surface area contributed by atoms with E-state index in [1.165, 1.54) is 51.4 Å².